The number of nitrogens with one attached hydrogen (secondary N) is 2. The summed E-state index contributed by atoms with van der Waals surface area (Å²) in [4.78, 5) is 4.70. The number of fused-ring (bicyclic) bond motifs is 1. The Morgan fingerprint density at radius 3 is 2.78 bits per heavy atom. The topological polar surface area (TPSA) is 67.1 Å². The summed E-state index contributed by atoms with van der Waals surface area (Å²) in [5.41, 5.74) is 0. The van der Waals surface area contributed by atoms with Crippen LogP contribution in [0.2, 0.25) is 0 Å². The fourth-order valence-electron chi connectivity index (χ4n) is 2.84. The third kappa shape index (κ3) is 5.52. The molecule has 2 heterocycles. The molecule has 1 atom stereocenters. The van der Waals surface area contributed by atoms with E-state index in [2.05, 4.69) is 53.1 Å². The van der Waals surface area contributed by atoms with Gasteiger partial charge >= 0.3 is 0 Å². The van der Waals surface area contributed by atoms with Crippen LogP contribution in [0.1, 0.15) is 65.0 Å². The smallest absolute Gasteiger partial charge is 0.191 e. The summed E-state index contributed by atoms with van der Waals surface area (Å²) < 4.78 is 2.23. The van der Waals surface area contributed by atoms with E-state index in [0.717, 1.165) is 49.5 Å². The number of hydrogen-bond acceptors (Lipinski definition) is 3. The fraction of sp³-hybridized carbons (Fsp3) is 0.824. The van der Waals surface area contributed by atoms with Crippen molar-refractivity contribution in [1.82, 2.24) is 25.4 Å². The Hall–Kier alpha value is -1.59. The Morgan fingerprint density at radius 1 is 1.22 bits per heavy atom. The van der Waals surface area contributed by atoms with Gasteiger partial charge < -0.3 is 15.2 Å². The SMILES string of the molecule is CCNC(=NCc1nnc2n1CCCC2)NC(C)CCC(C)C. The van der Waals surface area contributed by atoms with Gasteiger partial charge in [-0.15, -0.1) is 10.2 Å². The number of aromatic nitrogens is 3. The first-order chi connectivity index (χ1) is 11.1. The second kappa shape index (κ2) is 8.89. The maximum absolute atomic E-state index is 4.70. The third-order valence-corrected chi connectivity index (χ3v) is 4.22. The molecule has 0 fully saturated rings. The average molecular weight is 320 g/mol. The molecule has 0 aromatic carbocycles. The highest BCUT2D eigenvalue weighted by Gasteiger charge is 2.15. The molecule has 23 heavy (non-hydrogen) atoms. The van der Waals surface area contributed by atoms with E-state index < -0.39 is 0 Å². The molecule has 0 aliphatic carbocycles. The summed E-state index contributed by atoms with van der Waals surface area (Å²) >= 11 is 0. The molecule has 1 aromatic rings. The van der Waals surface area contributed by atoms with Crippen LogP contribution < -0.4 is 10.6 Å². The minimum atomic E-state index is 0.419. The molecule has 6 nitrogen and oxygen atoms in total. The molecule has 130 valence electrons. The second-order valence-corrected chi connectivity index (χ2v) is 6.85. The minimum absolute atomic E-state index is 0.419. The molecule has 0 spiro atoms. The van der Waals surface area contributed by atoms with Crippen molar-refractivity contribution in [2.24, 2.45) is 10.9 Å². The van der Waals surface area contributed by atoms with Crippen LogP contribution in [0.4, 0.5) is 0 Å². The van der Waals surface area contributed by atoms with Crippen LogP contribution in [0.5, 0.6) is 0 Å². The maximum atomic E-state index is 4.70. The lowest BCUT2D eigenvalue weighted by molar-refractivity contribution is 0.488. The molecule has 6 heteroatoms. The van der Waals surface area contributed by atoms with Gasteiger partial charge in [0.25, 0.3) is 0 Å². The lowest BCUT2D eigenvalue weighted by Gasteiger charge is -2.19. The van der Waals surface area contributed by atoms with Gasteiger partial charge in [0.2, 0.25) is 0 Å². The molecule has 0 saturated carbocycles. The Kier molecular flexibility index (Phi) is 6.86. The summed E-state index contributed by atoms with van der Waals surface area (Å²) in [6.45, 7) is 11.3. The van der Waals surface area contributed by atoms with Gasteiger partial charge in [-0.05, 0) is 45.4 Å². The van der Waals surface area contributed by atoms with Crippen LogP contribution in [0.25, 0.3) is 0 Å². The molecule has 2 N–H and O–H groups in total. The first-order valence-corrected chi connectivity index (χ1v) is 9.06. The zero-order valence-electron chi connectivity index (χ0n) is 15.1. The number of nitrogens with zero attached hydrogens (tertiary/aromatic N) is 4. The number of rotatable bonds is 7. The van der Waals surface area contributed by atoms with Crippen LogP contribution in [0.15, 0.2) is 4.99 Å². The van der Waals surface area contributed by atoms with Crippen molar-refractivity contribution in [3.63, 3.8) is 0 Å². The lowest BCUT2D eigenvalue weighted by Crippen LogP contribution is -2.42. The zero-order valence-corrected chi connectivity index (χ0v) is 15.1. The Balaban J connectivity index is 1.94. The number of guanidine groups is 1. The van der Waals surface area contributed by atoms with Gasteiger partial charge in [-0.25, -0.2) is 4.99 Å². The van der Waals surface area contributed by atoms with E-state index in [1.807, 2.05) is 0 Å². The number of aliphatic imine (C=N–C) groups is 1. The second-order valence-electron chi connectivity index (χ2n) is 6.85. The van der Waals surface area contributed by atoms with Crippen LogP contribution in [0.3, 0.4) is 0 Å². The molecule has 1 unspecified atom stereocenters. The standard InChI is InChI=1S/C17H32N6/c1-5-18-17(20-14(4)10-9-13(2)3)19-12-16-22-21-15-8-6-7-11-23(15)16/h13-14H,5-12H2,1-4H3,(H2,18,19,20). The van der Waals surface area contributed by atoms with Gasteiger partial charge in [-0.3, -0.25) is 0 Å². The lowest BCUT2D eigenvalue weighted by atomic mass is 10.0. The number of hydrogen-bond donors (Lipinski definition) is 2. The molecule has 0 radical (unpaired) electrons. The van der Waals surface area contributed by atoms with E-state index >= 15 is 0 Å². The monoisotopic (exact) mass is 320 g/mol. The summed E-state index contributed by atoms with van der Waals surface area (Å²) in [6, 6.07) is 0.419. The number of aryl methyl sites for hydroxylation is 1. The molecule has 2 rings (SSSR count). The van der Waals surface area contributed by atoms with Gasteiger partial charge in [-0.2, -0.15) is 0 Å². The van der Waals surface area contributed by atoms with Gasteiger partial charge in [0.15, 0.2) is 11.8 Å². The molecule has 0 saturated heterocycles. The van der Waals surface area contributed by atoms with E-state index in [0.29, 0.717) is 12.6 Å². The van der Waals surface area contributed by atoms with Crippen LogP contribution >= 0.6 is 0 Å². The molecular weight excluding hydrogens is 288 g/mol. The molecule has 1 aliphatic heterocycles. The highest BCUT2D eigenvalue weighted by atomic mass is 15.3. The van der Waals surface area contributed by atoms with E-state index in [-0.39, 0.29) is 0 Å². The molecule has 0 amide bonds. The normalized spacial score (nSPS) is 16.3. The van der Waals surface area contributed by atoms with Crippen molar-refractivity contribution in [2.75, 3.05) is 6.54 Å². The molecule has 0 bridgehead atoms. The minimum Gasteiger partial charge on any atom is -0.357 e. The first kappa shape index (κ1) is 17.8. The third-order valence-electron chi connectivity index (χ3n) is 4.22. The van der Waals surface area contributed by atoms with Gasteiger partial charge in [0, 0.05) is 25.6 Å². The Labute approximate surface area is 140 Å². The fourth-order valence-corrected chi connectivity index (χ4v) is 2.84. The largest absolute Gasteiger partial charge is 0.357 e. The highest BCUT2D eigenvalue weighted by molar-refractivity contribution is 5.79. The van der Waals surface area contributed by atoms with Crippen molar-refractivity contribution in [1.29, 1.82) is 0 Å². The van der Waals surface area contributed by atoms with Crippen molar-refractivity contribution >= 4 is 5.96 Å². The van der Waals surface area contributed by atoms with Gasteiger partial charge in [-0.1, -0.05) is 13.8 Å². The summed E-state index contributed by atoms with van der Waals surface area (Å²) in [5.74, 6) is 3.70. The van der Waals surface area contributed by atoms with Crippen molar-refractivity contribution in [3.05, 3.63) is 11.6 Å². The quantitative estimate of drug-likeness (QED) is 0.598. The van der Waals surface area contributed by atoms with E-state index in [9.17, 15) is 0 Å². The van der Waals surface area contributed by atoms with E-state index in [4.69, 9.17) is 4.99 Å². The summed E-state index contributed by atoms with van der Waals surface area (Å²) in [6.07, 6.45) is 5.86. The van der Waals surface area contributed by atoms with Crippen LogP contribution in [0, 0.1) is 5.92 Å². The summed E-state index contributed by atoms with van der Waals surface area (Å²) in [5, 5.41) is 15.4. The van der Waals surface area contributed by atoms with Crippen LogP contribution in [-0.2, 0) is 19.5 Å². The Bertz CT molecular complexity index is 505. The van der Waals surface area contributed by atoms with Crippen molar-refractivity contribution in [2.45, 2.75) is 78.9 Å². The van der Waals surface area contributed by atoms with Gasteiger partial charge in [0.05, 0.1) is 0 Å². The maximum Gasteiger partial charge on any atom is 0.191 e. The summed E-state index contributed by atoms with van der Waals surface area (Å²) in [7, 11) is 0. The highest BCUT2D eigenvalue weighted by Crippen LogP contribution is 2.14. The predicted octanol–water partition coefficient (Wildman–Crippen LogP) is 2.49. The molecule has 1 aliphatic rings. The predicted molar refractivity (Wildman–Crippen MR) is 94.4 cm³/mol. The Morgan fingerprint density at radius 2 is 2.04 bits per heavy atom. The molecular formula is C17H32N6. The van der Waals surface area contributed by atoms with E-state index in [1.165, 1.54) is 19.3 Å². The van der Waals surface area contributed by atoms with Crippen LogP contribution in [-0.4, -0.2) is 33.3 Å². The van der Waals surface area contributed by atoms with E-state index in [1.54, 1.807) is 0 Å². The van der Waals surface area contributed by atoms with Crippen molar-refractivity contribution < 1.29 is 0 Å². The molecule has 1 aromatic heterocycles. The van der Waals surface area contributed by atoms with Gasteiger partial charge in [0.1, 0.15) is 12.4 Å². The average Bonchev–Trinajstić information content (AvgIpc) is 2.94. The zero-order chi connectivity index (χ0) is 16.7. The first-order valence-electron chi connectivity index (χ1n) is 9.06. The van der Waals surface area contributed by atoms with Crippen molar-refractivity contribution in [3.8, 4) is 0 Å².